The Kier molecular flexibility index (Phi) is 12.1. The molecule has 1 aliphatic heterocycles. The summed E-state index contributed by atoms with van der Waals surface area (Å²) in [4.78, 5) is 12.7. The van der Waals surface area contributed by atoms with Gasteiger partial charge in [0.1, 0.15) is 17.1 Å². The van der Waals surface area contributed by atoms with Gasteiger partial charge in [0.05, 0.1) is 4.90 Å². The number of benzene rings is 2. The van der Waals surface area contributed by atoms with Crippen LogP contribution >= 0.6 is 0 Å². The van der Waals surface area contributed by atoms with E-state index in [0.717, 1.165) is 65.2 Å². The van der Waals surface area contributed by atoms with E-state index in [0.29, 0.717) is 5.75 Å². The number of hydrogen-bond donors (Lipinski definition) is 1. The molecule has 3 rings (SSSR count). The zero-order chi connectivity index (χ0) is 32.7. The fraction of sp³-hybridized carbons (Fsp3) is 0.486. The number of sulfonamides is 1. The maximum Gasteiger partial charge on any atom is 0.426 e. The predicted molar refractivity (Wildman–Crippen MR) is 180 cm³/mol. The molecule has 0 aromatic heterocycles. The summed E-state index contributed by atoms with van der Waals surface area (Å²) in [5.41, 5.74) is 6.63. The molecule has 6 nitrogen and oxygen atoms in total. The molecule has 0 saturated carbocycles. The van der Waals surface area contributed by atoms with Crippen molar-refractivity contribution in [2.45, 2.75) is 118 Å². The highest BCUT2D eigenvalue weighted by Crippen LogP contribution is 2.44. The van der Waals surface area contributed by atoms with Crippen LogP contribution in [-0.2, 0) is 16.4 Å². The molecule has 1 aliphatic rings. The summed E-state index contributed by atoms with van der Waals surface area (Å²) in [6.45, 7) is 18.6. The first kappa shape index (κ1) is 35.2. The largest absolute Gasteiger partial charge is 0.483 e. The van der Waals surface area contributed by atoms with Crippen LogP contribution in [0.2, 0.25) is 0 Å². The topological polar surface area (TPSA) is 81.7 Å². The second kappa shape index (κ2) is 15.1. The molecule has 44 heavy (non-hydrogen) atoms. The minimum absolute atomic E-state index is 0.000323. The zero-order valence-electron chi connectivity index (χ0n) is 28.1. The summed E-state index contributed by atoms with van der Waals surface area (Å²) in [7, 11) is -4.06. The van der Waals surface area contributed by atoms with Crippen LogP contribution < -0.4 is 14.2 Å². The Balaban J connectivity index is 1.66. The molecule has 1 N–H and O–H groups in total. The van der Waals surface area contributed by atoms with Gasteiger partial charge in [0, 0.05) is 5.56 Å². The number of hydrogen-bond acceptors (Lipinski definition) is 5. The molecule has 0 unspecified atom stereocenters. The normalized spacial score (nSPS) is 17.5. The smallest absolute Gasteiger partial charge is 0.426 e. The van der Waals surface area contributed by atoms with E-state index in [1.54, 1.807) is 12.1 Å². The van der Waals surface area contributed by atoms with Gasteiger partial charge in [-0.2, -0.15) is 0 Å². The van der Waals surface area contributed by atoms with Crippen molar-refractivity contribution >= 4 is 16.1 Å². The highest BCUT2D eigenvalue weighted by molar-refractivity contribution is 7.90. The van der Waals surface area contributed by atoms with Gasteiger partial charge < -0.3 is 9.47 Å². The molecule has 0 fully saturated rings. The summed E-state index contributed by atoms with van der Waals surface area (Å²) in [6, 6.07) is 6.27. The number of allylic oxidation sites excluding steroid dienone is 5. The fourth-order valence-corrected chi connectivity index (χ4v) is 6.33. The van der Waals surface area contributed by atoms with Crippen molar-refractivity contribution in [2.75, 3.05) is 0 Å². The minimum Gasteiger partial charge on any atom is -0.483 e. The molecular formula is C37H51NO5S. The third kappa shape index (κ3) is 9.59. The average Bonchev–Trinajstić information content (AvgIpc) is 2.94. The number of aryl methyl sites for hydroxylation is 1. The van der Waals surface area contributed by atoms with E-state index in [9.17, 15) is 13.2 Å². The van der Waals surface area contributed by atoms with Crippen LogP contribution in [0.25, 0.3) is 0 Å². The summed E-state index contributed by atoms with van der Waals surface area (Å²) >= 11 is 0. The summed E-state index contributed by atoms with van der Waals surface area (Å²) in [6.07, 6.45) is 15.1. The molecular weight excluding hydrogens is 570 g/mol. The first-order valence-corrected chi connectivity index (χ1v) is 17.2. The lowest BCUT2D eigenvalue weighted by molar-refractivity contribution is 0.112. The fourth-order valence-electron chi connectivity index (χ4n) is 5.46. The Bertz CT molecular complexity index is 1530. The third-order valence-corrected chi connectivity index (χ3v) is 9.80. The van der Waals surface area contributed by atoms with Crippen molar-refractivity contribution < 1.29 is 22.7 Å². The Morgan fingerprint density at radius 2 is 1.70 bits per heavy atom. The number of fused-ring (bicyclic) bond motifs is 1. The highest BCUT2D eigenvalue weighted by Gasteiger charge is 2.33. The summed E-state index contributed by atoms with van der Waals surface area (Å²) in [5, 5.41) is 0. The van der Waals surface area contributed by atoms with Crippen molar-refractivity contribution in [2.24, 2.45) is 5.92 Å². The van der Waals surface area contributed by atoms with E-state index in [1.807, 2.05) is 32.4 Å². The molecule has 1 amide bonds. The quantitative estimate of drug-likeness (QED) is 0.189. The molecule has 0 radical (unpaired) electrons. The lowest BCUT2D eigenvalue weighted by Gasteiger charge is -2.36. The maximum absolute atomic E-state index is 12.7. The van der Waals surface area contributed by atoms with Crippen molar-refractivity contribution in [3.05, 3.63) is 87.5 Å². The second-order valence-corrected chi connectivity index (χ2v) is 14.7. The van der Waals surface area contributed by atoms with Crippen molar-refractivity contribution in [3.63, 3.8) is 0 Å². The van der Waals surface area contributed by atoms with Crippen LogP contribution in [-0.4, -0.2) is 20.1 Å². The molecule has 0 spiro atoms. The van der Waals surface area contributed by atoms with E-state index < -0.39 is 21.7 Å². The van der Waals surface area contributed by atoms with E-state index in [2.05, 4.69) is 58.9 Å². The number of amides is 1. The van der Waals surface area contributed by atoms with Crippen LogP contribution in [0.5, 0.6) is 11.5 Å². The standard InChI is InChI=1S/C37H51NO5S/c1-25(2)13-10-14-26(3)15-11-16-27(4)17-12-23-37(9)24-22-33-31(8)34(29(6)30(7)35(33)43-37)42-36(39)38-44(40,41)32-20-18-28(5)19-21-32/h12,15,17-21,23,25H,10-11,13-14,16,22,24H2,1-9H3,(H,38,39)/b23-12?,26-15+,27-17?/t37-/m0/s1. The van der Waals surface area contributed by atoms with Gasteiger partial charge in [-0.15, -0.1) is 0 Å². The lowest BCUT2D eigenvalue weighted by atomic mass is 9.87. The zero-order valence-corrected chi connectivity index (χ0v) is 28.9. The third-order valence-electron chi connectivity index (χ3n) is 8.47. The van der Waals surface area contributed by atoms with E-state index in [4.69, 9.17) is 9.47 Å². The van der Waals surface area contributed by atoms with Crippen LogP contribution in [0.1, 0.15) is 101 Å². The van der Waals surface area contributed by atoms with Crippen LogP contribution in [0, 0.1) is 33.6 Å². The maximum atomic E-state index is 12.7. The molecule has 0 aliphatic carbocycles. The number of rotatable bonds is 12. The van der Waals surface area contributed by atoms with Crippen molar-refractivity contribution in [1.82, 2.24) is 4.72 Å². The van der Waals surface area contributed by atoms with Gasteiger partial charge in [-0.05, 0) is 128 Å². The van der Waals surface area contributed by atoms with E-state index in [1.165, 1.54) is 42.5 Å². The van der Waals surface area contributed by atoms with Crippen molar-refractivity contribution in [3.8, 4) is 11.5 Å². The molecule has 2 aromatic rings. The van der Waals surface area contributed by atoms with Gasteiger partial charge in [-0.1, -0.05) is 67.3 Å². The van der Waals surface area contributed by atoms with Gasteiger partial charge in [0.2, 0.25) is 0 Å². The molecule has 1 atom stereocenters. The summed E-state index contributed by atoms with van der Waals surface area (Å²) < 4.78 is 39.6. The van der Waals surface area contributed by atoms with Gasteiger partial charge in [-0.25, -0.2) is 17.9 Å². The van der Waals surface area contributed by atoms with Gasteiger partial charge in [0.15, 0.2) is 0 Å². The number of carbonyl (C=O) groups excluding carboxylic acids is 1. The molecule has 7 heteroatoms. The Morgan fingerprint density at radius 1 is 1.02 bits per heavy atom. The van der Waals surface area contributed by atoms with Crippen LogP contribution in [0.4, 0.5) is 4.79 Å². The monoisotopic (exact) mass is 621 g/mol. The Labute approximate surface area is 265 Å². The lowest BCUT2D eigenvalue weighted by Crippen LogP contribution is -2.35. The van der Waals surface area contributed by atoms with Gasteiger partial charge >= 0.3 is 6.09 Å². The van der Waals surface area contributed by atoms with Crippen molar-refractivity contribution in [1.29, 1.82) is 0 Å². The average molecular weight is 622 g/mol. The molecule has 0 bridgehead atoms. The van der Waals surface area contributed by atoms with Crippen LogP contribution in [0.15, 0.2) is 64.6 Å². The minimum atomic E-state index is -4.06. The molecule has 0 saturated heterocycles. The highest BCUT2D eigenvalue weighted by atomic mass is 32.2. The second-order valence-electron chi connectivity index (χ2n) is 13.0. The van der Waals surface area contributed by atoms with Gasteiger partial charge in [0.25, 0.3) is 10.0 Å². The van der Waals surface area contributed by atoms with Gasteiger partial charge in [-0.3, -0.25) is 0 Å². The summed E-state index contributed by atoms with van der Waals surface area (Å²) in [5.74, 6) is 1.93. The molecule has 240 valence electrons. The number of carbonyl (C=O) groups is 1. The van der Waals surface area contributed by atoms with Crippen LogP contribution in [0.3, 0.4) is 0 Å². The molecule has 2 aromatic carbocycles. The number of nitrogens with one attached hydrogen (secondary N) is 1. The van der Waals surface area contributed by atoms with E-state index >= 15 is 0 Å². The molecule has 1 heterocycles. The SMILES string of the molecule is CC(=CC=C[C@@]1(C)CCc2c(C)c(OC(=O)NS(=O)(=O)c3ccc(C)cc3)c(C)c(C)c2O1)CC/C=C(\C)CCCC(C)C. The Hall–Kier alpha value is -3.32. The Morgan fingerprint density at radius 3 is 2.36 bits per heavy atom. The number of ether oxygens (including phenoxy) is 2. The van der Waals surface area contributed by atoms with E-state index in [-0.39, 0.29) is 4.90 Å². The predicted octanol–water partition coefficient (Wildman–Crippen LogP) is 9.54. The first-order valence-electron chi connectivity index (χ1n) is 15.8. The first-order chi connectivity index (χ1) is 20.6.